The van der Waals surface area contributed by atoms with Gasteiger partial charge in [-0.25, -0.2) is 0 Å². The zero-order valence-corrected chi connectivity index (χ0v) is 11.3. The fraction of sp³-hybridized carbons (Fsp3) is 0.333. The van der Waals surface area contributed by atoms with E-state index in [1.807, 2.05) is 12.1 Å². The zero-order valence-electron chi connectivity index (χ0n) is 11.3. The third-order valence-electron chi connectivity index (χ3n) is 3.93. The van der Waals surface area contributed by atoms with E-state index in [1.54, 1.807) is 0 Å². The number of rotatable bonds is 3. The Morgan fingerprint density at radius 1 is 0.789 bits per heavy atom. The maximum Gasteiger partial charge on any atom is 0.0601 e. The summed E-state index contributed by atoms with van der Waals surface area (Å²) in [6.45, 7) is 2.41. The van der Waals surface area contributed by atoms with Crippen LogP contribution < -0.4 is 0 Å². The van der Waals surface area contributed by atoms with Crippen LogP contribution in [0.5, 0.6) is 0 Å². The predicted molar refractivity (Wildman–Crippen MR) is 79.0 cm³/mol. The van der Waals surface area contributed by atoms with Crippen molar-refractivity contribution >= 4 is 0 Å². The van der Waals surface area contributed by atoms with Crippen molar-refractivity contribution in [2.45, 2.75) is 25.3 Å². The minimum absolute atomic E-state index is 0.399. The highest BCUT2D eigenvalue weighted by atomic mass is 15.2. The first kappa shape index (κ1) is 12.4. The molecule has 0 saturated carbocycles. The van der Waals surface area contributed by atoms with Gasteiger partial charge < -0.3 is 0 Å². The number of hydrogen-bond donors (Lipinski definition) is 0. The van der Waals surface area contributed by atoms with Gasteiger partial charge >= 0.3 is 0 Å². The van der Waals surface area contributed by atoms with Gasteiger partial charge in [-0.15, -0.1) is 0 Å². The van der Waals surface area contributed by atoms with Crippen molar-refractivity contribution in [3.05, 3.63) is 71.8 Å². The highest BCUT2D eigenvalue weighted by Crippen LogP contribution is 2.30. The molecule has 2 aromatic rings. The summed E-state index contributed by atoms with van der Waals surface area (Å²) < 4.78 is 0. The highest BCUT2D eigenvalue weighted by molar-refractivity contribution is 5.31. The van der Waals surface area contributed by atoms with Gasteiger partial charge in [-0.1, -0.05) is 61.0 Å². The van der Waals surface area contributed by atoms with Gasteiger partial charge in [0, 0.05) is 0 Å². The van der Waals surface area contributed by atoms with E-state index in [1.165, 1.54) is 43.5 Å². The summed E-state index contributed by atoms with van der Waals surface area (Å²) in [4.78, 5) is 2.62. The highest BCUT2D eigenvalue weighted by Gasteiger charge is 2.23. The molecule has 1 atom stereocenters. The second kappa shape index (κ2) is 6.03. The van der Waals surface area contributed by atoms with Crippen LogP contribution in [0, 0.1) is 6.07 Å². The molecule has 1 nitrogen and oxygen atoms in total. The standard InChI is InChI=1S/C18H20N/c1-4-10-16(11-5-1)18(17-12-6-2-7-13-17)19-14-8-3-9-15-19/h1,4-7,10-13,18H,3,8-9,14-15H2. The van der Waals surface area contributed by atoms with Gasteiger partial charge in [0.25, 0.3) is 0 Å². The molecule has 1 fully saturated rings. The molecule has 1 aliphatic rings. The molecular formula is C18H20N. The summed E-state index contributed by atoms with van der Waals surface area (Å²) in [5.41, 5.74) is 2.78. The first-order valence-corrected chi connectivity index (χ1v) is 7.20. The van der Waals surface area contributed by atoms with E-state index in [9.17, 15) is 0 Å². The first-order valence-electron chi connectivity index (χ1n) is 7.20. The Labute approximate surface area is 115 Å². The summed E-state index contributed by atoms with van der Waals surface area (Å²) in [5.74, 6) is 0. The maximum absolute atomic E-state index is 3.12. The summed E-state index contributed by atoms with van der Waals surface area (Å²) in [6, 6.07) is 22.8. The monoisotopic (exact) mass is 250 g/mol. The molecule has 0 N–H and O–H groups in total. The average molecular weight is 250 g/mol. The molecule has 0 bridgehead atoms. The van der Waals surface area contributed by atoms with E-state index in [4.69, 9.17) is 0 Å². The summed E-state index contributed by atoms with van der Waals surface area (Å²) in [5, 5.41) is 0. The Bertz CT molecular complexity index is 446. The third kappa shape index (κ3) is 2.87. The lowest BCUT2D eigenvalue weighted by Crippen LogP contribution is -2.34. The van der Waals surface area contributed by atoms with Crippen LogP contribution in [0.2, 0.25) is 0 Å². The molecule has 3 rings (SSSR count). The fourth-order valence-corrected chi connectivity index (χ4v) is 3.01. The Morgan fingerprint density at radius 2 is 1.42 bits per heavy atom. The number of likely N-dealkylation sites (tertiary alicyclic amines) is 1. The molecule has 97 valence electrons. The van der Waals surface area contributed by atoms with Gasteiger partial charge in [-0.3, -0.25) is 4.90 Å². The van der Waals surface area contributed by atoms with Gasteiger partial charge in [-0.05, 0) is 43.1 Å². The normalized spacial score (nSPS) is 16.7. The van der Waals surface area contributed by atoms with Crippen molar-refractivity contribution in [1.82, 2.24) is 4.90 Å². The van der Waals surface area contributed by atoms with Crippen molar-refractivity contribution in [3.63, 3.8) is 0 Å². The van der Waals surface area contributed by atoms with Crippen LogP contribution in [0.15, 0.2) is 54.6 Å². The van der Waals surface area contributed by atoms with Gasteiger partial charge in [0.2, 0.25) is 0 Å². The van der Waals surface area contributed by atoms with Crippen LogP contribution in [0.3, 0.4) is 0 Å². The van der Waals surface area contributed by atoms with Crippen LogP contribution in [0.4, 0.5) is 0 Å². The molecule has 2 aromatic carbocycles. The molecule has 1 radical (unpaired) electrons. The van der Waals surface area contributed by atoms with Crippen LogP contribution in [0.1, 0.15) is 36.4 Å². The number of nitrogens with zero attached hydrogens (tertiary/aromatic N) is 1. The molecule has 1 heteroatoms. The second-order valence-corrected chi connectivity index (χ2v) is 5.24. The topological polar surface area (TPSA) is 3.24 Å². The lowest BCUT2D eigenvalue weighted by molar-refractivity contribution is 0.187. The lowest BCUT2D eigenvalue weighted by Gasteiger charge is -2.35. The Balaban J connectivity index is 1.96. The molecule has 1 unspecified atom stereocenters. The molecular weight excluding hydrogens is 230 g/mol. The minimum Gasteiger partial charge on any atom is -0.292 e. The summed E-state index contributed by atoms with van der Waals surface area (Å²) in [6.07, 6.45) is 4.02. The Morgan fingerprint density at radius 3 is 2.11 bits per heavy atom. The molecule has 0 aliphatic carbocycles. The van der Waals surface area contributed by atoms with E-state index < -0.39 is 0 Å². The fourth-order valence-electron chi connectivity index (χ4n) is 3.01. The lowest BCUT2D eigenvalue weighted by atomic mass is 9.95. The second-order valence-electron chi connectivity index (χ2n) is 5.24. The quantitative estimate of drug-likeness (QED) is 0.794. The van der Waals surface area contributed by atoms with E-state index in [-0.39, 0.29) is 0 Å². The summed E-state index contributed by atoms with van der Waals surface area (Å²) >= 11 is 0. The molecule has 0 spiro atoms. The van der Waals surface area contributed by atoms with Gasteiger partial charge in [0.1, 0.15) is 0 Å². The number of hydrogen-bond acceptors (Lipinski definition) is 1. The average Bonchev–Trinajstić information content (AvgIpc) is 2.51. The first-order chi connectivity index (χ1) is 9.45. The number of piperidine rings is 1. The van der Waals surface area contributed by atoms with E-state index in [0.29, 0.717) is 6.04 Å². The van der Waals surface area contributed by atoms with Crippen LogP contribution in [-0.4, -0.2) is 18.0 Å². The van der Waals surface area contributed by atoms with Crippen LogP contribution in [0.25, 0.3) is 0 Å². The molecule has 0 aromatic heterocycles. The van der Waals surface area contributed by atoms with E-state index >= 15 is 0 Å². The molecule has 1 saturated heterocycles. The molecule has 1 heterocycles. The van der Waals surface area contributed by atoms with E-state index in [2.05, 4.69) is 53.4 Å². The molecule has 1 aliphatic heterocycles. The number of benzene rings is 2. The van der Waals surface area contributed by atoms with Crippen molar-refractivity contribution in [1.29, 1.82) is 0 Å². The summed E-state index contributed by atoms with van der Waals surface area (Å²) in [7, 11) is 0. The largest absolute Gasteiger partial charge is 0.292 e. The zero-order chi connectivity index (χ0) is 12.9. The smallest absolute Gasteiger partial charge is 0.0601 e. The SMILES string of the molecule is [c]1ccc(C(c2ccccc2)N2CCCCC2)cc1. The van der Waals surface area contributed by atoms with Crippen molar-refractivity contribution in [3.8, 4) is 0 Å². The Hall–Kier alpha value is -1.60. The van der Waals surface area contributed by atoms with Gasteiger partial charge in [0.15, 0.2) is 0 Å². The van der Waals surface area contributed by atoms with Crippen molar-refractivity contribution in [2.24, 2.45) is 0 Å². The maximum atomic E-state index is 3.12. The van der Waals surface area contributed by atoms with Crippen molar-refractivity contribution < 1.29 is 0 Å². The van der Waals surface area contributed by atoms with Crippen LogP contribution in [-0.2, 0) is 0 Å². The minimum atomic E-state index is 0.399. The van der Waals surface area contributed by atoms with Gasteiger partial charge in [0.05, 0.1) is 6.04 Å². The third-order valence-corrected chi connectivity index (χ3v) is 3.93. The van der Waals surface area contributed by atoms with Crippen LogP contribution >= 0.6 is 0 Å². The Kier molecular flexibility index (Phi) is 3.95. The van der Waals surface area contributed by atoms with Gasteiger partial charge in [-0.2, -0.15) is 0 Å². The molecule has 0 amide bonds. The predicted octanol–water partition coefficient (Wildman–Crippen LogP) is 4.06. The van der Waals surface area contributed by atoms with E-state index in [0.717, 1.165) is 0 Å². The van der Waals surface area contributed by atoms with Crippen molar-refractivity contribution in [2.75, 3.05) is 13.1 Å². The molecule has 19 heavy (non-hydrogen) atoms.